The molecule has 29 heavy (non-hydrogen) atoms. The quantitative estimate of drug-likeness (QED) is 0.786. The Morgan fingerprint density at radius 1 is 1.17 bits per heavy atom. The van der Waals surface area contributed by atoms with Gasteiger partial charge in [0.2, 0.25) is 0 Å². The van der Waals surface area contributed by atoms with Gasteiger partial charge in [-0.25, -0.2) is 4.98 Å². The Morgan fingerprint density at radius 3 is 2.83 bits per heavy atom. The zero-order valence-electron chi connectivity index (χ0n) is 16.9. The third-order valence-electron chi connectivity index (χ3n) is 6.73. The number of amides is 1. The molecule has 6 heteroatoms. The lowest BCUT2D eigenvalue weighted by Gasteiger charge is -2.30. The van der Waals surface area contributed by atoms with Gasteiger partial charge in [-0.05, 0) is 48.6 Å². The van der Waals surface area contributed by atoms with Crippen molar-refractivity contribution < 1.29 is 9.90 Å². The van der Waals surface area contributed by atoms with E-state index in [1.807, 2.05) is 6.20 Å². The number of aliphatic hydroxyl groups excluding tert-OH is 1. The Hall–Kier alpha value is -2.18. The number of hydrogen-bond acceptors (Lipinski definition) is 4. The minimum atomic E-state index is -0.583. The fraction of sp³-hybridized carbons (Fsp3) is 0.565. The van der Waals surface area contributed by atoms with E-state index in [1.54, 1.807) is 0 Å². The number of β-amino-alcohol motifs (C(OH)–C–C–N with tert-alkyl or cyclic N) is 1. The highest BCUT2D eigenvalue weighted by Gasteiger charge is 2.34. The first-order valence-corrected chi connectivity index (χ1v) is 11.0. The molecule has 1 aromatic carbocycles. The van der Waals surface area contributed by atoms with Gasteiger partial charge in [0.1, 0.15) is 11.5 Å². The number of aliphatic hydroxyl groups is 1. The molecule has 2 aliphatic heterocycles. The van der Waals surface area contributed by atoms with Gasteiger partial charge in [-0.3, -0.25) is 9.69 Å². The molecule has 1 aliphatic carbocycles. The van der Waals surface area contributed by atoms with E-state index < -0.39 is 6.10 Å². The number of carbonyl (C=O) groups is 1. The van der Waals surface area contributed by atoms with Crippen molar-refractivity contribution in [2.75, 3.05) is 19.6 Å². The topological polar surface area (TPSA) is 70.4 Å². The number of rotatable bonds is 6. The standard InChI is InChI=1S/C23H30N4O2/c28-20(14-26-10-9-16-3-1-2-4-18(16)12-26)11-24-23(29)21-15-27-13-19(17-5-6-17)7-8-22(27)25-21/h1-4,15,17,19-20,28H,5-14H2,(H,24,29)/t19?,20-/m0/s1. The third-order valence-corrected chi connectivity index (χ3v) is 6.73. The van der Waals surface area contributed by atoms with Crippen molar-refractivity contribution in [1.29, 1.82) is 0 Å². The molecule has 1 fully saturated rings. The largest absolute Gasteiger partial charge is 0.390 e. The maximum Gasteiger partial charge on any atom is 0.271 e. The summed E-state index contributed by atoms with van der Waals surface area (Å²) in [4.78, 5) is 19.3. The number of fused-ring (bicyclic) bond motifs is 2. The van der Waals surface area contributed by atoms with Gasteiger partial charge in [0.05, 0.1) is 6.10 Å². The summed E-state index contributed by atoms with van der Waals surface area (Å²) in [5.74, 6) is 2.49. The SMILES string of the molecule is O=C(NC[C@H](O)CN1CCc2ccccc2C1)c1cn2c(n1)CCC(C1CC1)C2. The number of carbonyl (C=O) groups excluding carboxylic acids is 1. The minimum absolute atomic E-state index is 0.182. The monoisotopic (exact) mass is 394 g/mol. The van der Waals surface area contributed by atoms with Crippen LogP contribution in [0.25, 0.3) is 0 Å². The normalized spacial score (nSPS) is 22.6. The van der Waals surface area contributed by atoms with Crippen LogP contribution in [0, 0.1) is 11.8 Å². The molecule has 3 aliphatic rings. The lowest BCUT2D eigenvalue weighted by Crippen LogP contribution is -2.42. The number of imidazole rings is 1. The zero-order valence-corrected chi connectivity index (χ0v) is 16.9. The molecular formula is C23H30N4O2. The maximum atomic E-state index is 12.5. The van der Waals surface area contributed by atoms with Crippen molar-refractivity contribution in [3.05, 3.63) is 53.1 Å². The van der Waals surface area contributed by atoms with Crippen molar-refractivity contribution >= 4 is 5.91 Å². The average molecular weight is 395 g/mol. The molecule has 2 aromatic rings. The second kappa shape index (κ2) is 7.92. The number of nitrogens with one attached hydrogen (secondary N) is 1. The first-order chi connectivity index (χ1) is 14.2. The van der Waals surface area contributed by atoms with Crippen LogP contribution in [0.3, 0.4) is 0 Å². The van der Waals surface area contributed by atoms with Gasteiger partial charge in [0, 0.05) is 45.3 Å². The highest BCUT2D eigenvalue weighted by Crippen LogP contribution is 2.41. The molecule has 2 N–H and O–H groups in total. The predicted octanol–water partition coefficient (Wildman–Crippen LogP) is 2.00. The molecule has 2 atom stereocenters. The van der Waals surface area contributed by atoms with Crippen molar-refractivity contribution in [3.8, 4) is 0 Å². The summed E-state index contributed by atoms with van der Waals surface area (Å²) in [5, 5.41) is 13.3. The van der Waals surface area contributed by atoms with E-state index in [2.05, 4.69) is 44.0 Å². The number of benzene rings is 1. The molecule has 0 spiro atoms. The second-order valence-electron chi connectivity index (χ2n) is 8.95. The van der Waals surface area contributed by atoms with Gasteiger partial charge < -0.3 is 15.0 Å². The highest BCUT2D eigenvalue weighted by molar-refractivity contribution is 5.92. The van der Waals surface area contributed by atoms with Crippen molar-refractivity contribution in [3.63, 3.8) is 0 Å². The molecule has 1 unspecified atom stereocenters. The third kappa shape index (κ3) is 4.23. The van der Waals surface area contributed by atoms with Gasteiger partial charge in [0.15, 0.2) is 0 Å². The van der Waals surface area contributed by atoms with Crippen LogP contribution in [-0.2, 0) is 25.9 Å². The molecule has 1 saturated carbocycles. The number of nitrogens with zero attached hydrogens (tertiary/aromatic N) is 3. The smallest absolute Gasteiger partial charge is 0.271 e. The number of hydrogen-bond donors (Lipinski definition) is 2. The summed E-state index contributed by atoms with van der Waals surface area (Å²) >= 11 is 0. The van der Waals surface area contributed by atoms with E-state index in [0.717, 1.165) is 50.1 Å². The second-order valence-corrected chi connectivity index (χ2v) is 8.95. The fourth-order valence-electron chi connectivity index (χ4n) is 4.91. The van der Waals surface area contributed by atoms with Gasteiger partial charge in [-0.2, -0.15) is 0 Å². The van der Waals surface area contributed by atoms with Crippen molar-refractivity contribution in [2.45, 2.75) is 51.3 Å². The molecule has 6 nitrogen and oxygen atoms in total. The molecule has 3 heterocycles. The Balaban J connectivity index is 1.11. The Bertz CT molecular complexity index is 889. The van der Waals surface area contributed by atoms with E-state index in [-0.39, 0.29) is 12.5 Å². The summed E-state index contributed by atoms with van der Waals surface area (Å²) in [7, 11) is 0. The van der Waals surface area contributed by atoms with Crippen LogP contribution in [0.2, 0.25) is 0 Å². The van der Waals surface area contributed by atoms with Crippen LogP contribution in [0.15, 0.2) is 30.5 Å². The zero-order chi connectivity index (χ0) is 19.8. The lowest BCUT2D eigenvalue weighted by atomic mass is 9.95. The summed E-state index contributed by atoms with van der Waals surface area (Å²) in [5.41, 5.74) is 3.22. The van der Waals surface area contributed by atoms with Crippen molar-refractivity contribution in [1.82, 2.24) is 19.8 Å². The van der Waals surface area contributed by atoms with Gasteiger partial charge in [-0.15, -0.1) is 0 Å². The fourth-order valence-corrected chi connectivity index (χ4v) is 4.91. The Morgan fingerprint density at radius 2 is 2.00 bits per heavy atom. The molecule has 0 bridgehead atoms. The van der Waals surface area contributed by atoms with Crippen LogP contribution in [0.1, 0.15) is 46.7 Å². The molecule has 0 saturated heterocycles. The van der Waals surface area contributed by atoms with Crippen LogP contribution in [-0.4, -0.2) is 51.2 Å². The highest BCUT2D eigenvalue weighted by atomic mass is 16.3. The molecule has 0 radical (unpaired) electrons. The average Bonchev–Trinajstić information content (AvgIpc) is 3.50. The number of aromatic nitrogens is 2. The number of aryl methyl sites for hydroxylation is 1. The molecular weight excluding hydrogens is 364 g/mol. The van der Waals surface area contributed by atoms with Gasteiger partial charge in [0.25, 0.3) is 5.91 Å². The molecule has 1 aromatic heterocycles. The lowest BCUT2D eigenvalue weighted by molar-refractivity contribution is 0.0838. The molecule has 154 valence electrons. The van der Waals surface area contributed by atoms with E-state index in [4.69, 9.17) is 0 Å². The van der Waals surface area contributed by atoms with Crippen molar-refractivity contribution in [2.24, 2.45) is 11.8 Å². The summed E-state index contributed by atoms with van der Waals surface area (Å²) in [6.45, 7) is 3.62. The van der Waals surface area contributed by atoms with Crippen LogP contribution in [0.5, 0.6) is 0 Å². The van der Waals surface area contributed by atoms with Crippen LogP contribution < -0.4 is 5.32 Å². The summed E-state index contributed by atoms with van der Waals surface area (Å²) in [6, 6.07) is 8.49. The summed E-state index contributed by atoms with van der Waals surface area (Å²) < 4.78 is 2.17. The first kappa shape index (κ1) is 18.8. The minimum Gasteiger partial charge on any atom is -0.390 e. The maximum absolute atomic E-state index is 12.5. The van der Waals surface area contributed by atoms with E-state index >= 15 is 0 Å². The van der Waals surface area contributed by atoms with Crippen LogP contribution >= 0.6 is 0 Å². The molecule has 1 amide bonds. The Kier molecular flexibility index (Phi) is 5.14. The Labute approximate surface area is 171 Å². The molecule has 5 rings (SSSR count). The van der Waals surface area contributed by atoms with Gasteiger partial charge in [-0.1, -0.05) is 24.3 Å². The van der Waals surface area contributed by atoms with E-state index in [0.29, 0.717) is 12.2 Å². The van der Waals surface area contributed by atoms with Gasteiger partial charge >= 0.3 is 0 Å². The predicted molar refractivity (Wildman–Crippen MR) is 111 cm³/mol. The van der Waals surface area contributed by atoms with E-state index in [9.17, 15) is 9.90 Å². The van der Waals surface area contributed by atoms with Crippen LogP contribution in [0.4, 0.5) is 0 Å². The van der Waals surface area contributed by atoms with E-state index in [1.165, 1.54) is 30.4 Å². The summed E-state index contributed by atoms with van der Waals surface area (Å²) in [6.07, 6.45) is 7.21. The first-order valence-electron chi connectivity index (χ1n) is 11.0.